The van der Waals surface area contributed by atoms with Crippen LogP contribution in [0.4, 0.5) is 0 Å². The molecule has 2 aliphatic rings. The number of rotatable bonds is 2. The van der Waals surface area contributed by atoms with Gasteiger partial charge in [-0.05, 0) is 55.2 Å². The van der Waals surface area contributed by atoms with E-state index in [9.17, 15) is 10.1 Å². The molecule has 2 heterocycles. The fraction of sp³-hybridized carbons (Fsp3) is 0.304. The standard InChI is InChI=1S/C23H21ClN2O2/c1-13-16(12-25)21(22-17(26-13)10-23(2,3)11-18(22)27)20-9-8-19(28-20)14-4-6-15(24)7-5-14/h4-9,21,26H,10-11H2,1-3H3. The van der Waals surface area contributed by atoms with Crippen LogP contribution in [0.3, 0.4) is 0 Å². The molecular weight excluding hydrogens is 372 g/mol. The molecule has 1 atom stereocenters. The molecule has 1 aromatic heterocycles. The molecule has 0 spiro atoms. The molecule has 1 N–H and O–H groups in total. The van der Waals surface area contributed by atoms with Crippen molar-refractivity contribution in [3.63, 3.8) is 0 Å². The third-order valence-corrected chi connectivity index (χ3v) is 5.65. The number of halogens is 1. The number of furan rings is 1. The lowest BCUT2D eigenvalue weighted by Crippen LogP contribution is -2.36. The van der Waals surface area contributed by atoms with Crippen molar-refractivity contribution in [2.45, 2.75) is 39.5 Å². The van der Waals surface area contributed by atoms with E-state index in [4.69, 9.17) is 16.0 Å². The Morgan fingerprint density at radius 2 is 1.89 bits per heavy atom. The highest BCUT2D eigenvalue weighted by Gasteiger charge is 2.42. The fourth-order valence-corrected chi connectivity index (χ4v) is 4.27. The van der Waals surface area contributed by atoms with E-state index in [1.807, 2.05) is 43.3 Å². The van der Waals surface area contributed by atoms with E-state index in [1.54, 1.807) is 0 Å². The van der Waals surface area contributed by atoms with Crippen molar-refractivity contribution >= 4 is 17.4 Å². The van der Waals surface area contributed by atoms with Crippen LogP contribution in [0.15, 0.2) is 63.4 Å². The van der Waals surface area contributed by atoms with E-state index in [2.05, 4.69) is 25.2 Å². The van der Waals surface area contributed by atoms with Crippen LogP contribution in [0.5, 0.6) is 0 Å². The van der Waals surface area contributed by atoms with Gasteiger partial charge in [-0.25, -0.2) is 0 Å². The van der Waals surface area contributed by atoms with Crippen LogP contribution in [0.2, 0.25) is 5.02 Å². The maximum atomic E-state index is 13.0. The number of Topliss-reactive ketones (excluding diaryl/α,β-unsaturated/α-hetero) is 1. The van der Waals surface area contributed by atoms with E-state index < -0.39 is 5.92 Å². The number of nitrogens with zero attached hydrogens (tertiary/aromatic N) is 1. The summed E-state index contributed by atoms with van der Waals surface area (Å²) in [6.45, 7) is 6.07. The number of nitriles is 1. The van der Waals surface area contributed by atoms with E-state index >= 15 is 0 Å². The lowest BCUT2D eigenvalue weighted by atomic mass is 9.70. The Bertz CT molecular complexity index is 1060. The molecule has 5 heteroatoms. The van der Waals surface area contributed by atoms with Crippen molar-refractivity contribution in [1.82, 2.24) is 5.32 Å². The molecule has 0 saturated heterocycles. The number of hydrogen-bond acceptors (Lipinski definition) is 4. The molecule has 0 bridgehead atoms. The Morgan fingerprint density at radius 3 is 2.57 bits per heavy atom. The van der Waals surface area contributed by atoms with Gasteiger partial charge in [0, 0.05) is 34.0 Å². The van der Waals surface area contributed by atoms with Gasteiger partial charge in [0.05, 0.1) is 17.6 Å². The average molecular weight is 393 g/mol. The minimum Gasteiger partial charge on any atom is -0.460 e. The van der Waals surface area contributed by atoms with Gasteiger partial charge in [-0.2, -0.15) is 5.26 Å². The summed E-state index contributed by atoms with van der Waals surface area (Å²) >= 11 is 5.97. The average Bonchev–Trinajstić information content (AvgIpc) is 3.09. The smallest absolute Gasteiger partial charge is 0.162 e. The second-order valence-electron chi connectivity index (χ2n) is 8.25. The summed E-state index contributed by atoms with van der Waals surface area (Å²) in [5, 5.41) is 13.8. The number of ketones is 1. The minimum atomic E-state index is -0.467. The van der Waals surface area contributed by atoms with Crippen molar-refractivity contribution in [2.75, 3.05) is 0 Å². The predicted octanol–water partition coefficient (Wildman–Crippen LogP) is 5.73. The van der Waals surface area contributed by atoms with Crippen LogP contribution in [-0.4, -0.2) is 5.78 Å². The van der Waals surface area contributed by atoms with Gasteiger partial charge in [-0.15, -0.1) is 0 Å². The lowest BCUT2D eigenvalue weighted by molar-refractivity contribution is -0.118. The molecule has 1 aromatic carbocycles. The number of dihydropyridines is 1. The zero-order valence-electron chi connectivity index (χ0n) is 16.1. The number of carbonyl (C=O) groups excluding carboxylic acids is 1. The van der Waals surface area contributed by atoms with Gasteiger partial charge in [0.2, 0.25) is 0 Å². The van der Waals surface area contributed by atoms with Crippen LogP contribution in [-0.2, 0) is 4.79 Å². The topological polar surface area (TPSA) is 66.0 Å². The maximum absolute atomic E-state index is 13.0. The molecule has 1 aliphatic carbocycles. The third kappa shape index (κ3) is 3.16. The molecule has 1 unspecified atom stereocenters. The Labute approximate surface area is 169 Å². The summed E-state index contributed by atoms with van der Waals surface area (Å²) in [5.74, 6) is 0.910. The first-order chi connectivity index (χ1) is 13.3. The van der Waals surface area contributed by atoms with Gasteiger partial charge in [0.15, 0.2) is 5.78 Å². The number of hydrogen-bond donors (Lipinski definition) is 1. The number of carbonyl (C=O) groups is 1. The minimum absolute atomic E-state index is 0.0773. The molecule has 142 valence electrons. The van der Waals surface area contributed by atoms with E-state index in [0.717, 1.165) is 23.4 Å². The fourth-order valence-electron chi connectivity index (χ4n) is 4.15. The van der Waals surface area contributed by atoms with Crippen molar-refractivity contribution < 1.29 is 9.21 Å². The van der Waals surface area contributed by atoms with Gasteiger partial charge >= 0.3 is 0 Å². The Hall–Kier alpha value is -2.77. The summed E-state index contributed by atoms with van der Waals surface area (Å²) in [6, 6.07) is 13.4. The lowest BCUT2D eigenvalue weighted by Gasteiger charge is -2.38. The molecule has 4 rings (SSSR count). The molecular formula is C23H21ClN2O2. The predicted molar refractivity (Wildman–Crippen MR) is 108 cm³/mol. The second-order valence-corrected chi connectivity index (χ2v) is 8.69. The molecule has 0 fully saturated rings. The van der Waals surface area contributed by atoms with Gasteiger partial charge in [-0.1, -0.05) is 25.4 Å². The van der Waals surface area contributed by atoms with E-state index in [1.165, 1.54) is 0 Å². The first-order valence-electron chi connectivity index (χ1n) is 9.29. The highest BCUT2D eigenvalue weighted by atomic mass is 35.5. The molecule has 4 nitrogen and oxygen atoms in total. The monoisotopic (exact) mass is 392 g/mol. The SMILES string of the molecule is CC1=C(C#N)C(c2ccc(-c3ccc(Cl)cc3)o2)C2=C(CC(C)(C)CC2=O)N1. The van der Waals surface area contributed by atoms with E-state index in [0.29, 0.717) is 34.1 Å². The number of benzene rings is 1. The molecule has 0 amide bonds. The van der Waals surface area contributed by atoms with Gasteiger partial charge in [0.25, 0.3) is 0 Å². The highest BCUT2D eigenvalue weighted by Crippen LogP contribution is 2.47. The summed E-state index contributed by atoms with van der Waals surface area (Å²) < 4.78 is 6.14. The second kappa shape index (κ2) is 6.68. The van der Waals surface area contributed by atoms with Crippen molar-refractivity contribution in [3.05, 3.63) is 69.7 Å². The summed E-state index contributed by atoms with van der Waals surface area (Å²) in [6.07, 6.45) is 1.23. The van der Waals surface area contributed by atoms with E-state index in [-0.39, 0.29) is 11.2 Å². The van der Waals surface area contributed by atoms with Crippen molar-refractivity contribution in [3.8, 4) is 17.4 Å². The molecule has 0 saturated carbocycles. The zero-order chi connectivity index (χ0) is 20.1. The van der Waals surface area contributed by atoms with Crippen LogP contribution >= 0.6 is 11.6 Å². The van der Waals surface area contributed by atoms with Crippen molar-refractivity contribution in [2.24, 2.45) is 5.41 Å². The van der Waals surface area contributed by atoms with Crippen LogP contribution in [0, 0.1) is 16.7 Å². The Morgan fingerprint density at radius 1 is 1.18 bits per heavy atom. The summed E-state index contributed by atoms with van der Waals surface area (Å²) in [7, 11) is 0. The maximum Gasteiger partial charge on any atom is 0.162 e. The number of nitrogens with one attached hydrogen (secondary N) is 1. The van der Waals surface area contributed by atoms with Gasteiger partial charge in [-0.3, -0.25) is 4.79 Å². The first-order valence-corrected chi connectivity index (χ1v) is 9.67. The quantitative estimate of drug-likeness (QED) is 0.708. The molecule has 28 heavy (non-hydrogen) atoms. The van der Waals surface area contributed by atoms with Crippen LogP contribution in [0.1, 0.15) is 45.3 Å². The molecule has 0 radical (unpaired) electrons. The summed E-state index contributed by atoms with van der Waals surface area (Å²) in [4.78, 5) is 13.0. The molecule has 2 aromatic rings. The van der Waals surface area contributed by atoms with Gasteiger partial charge in [0.1, 0.15) is 11.5 Å². The Kier molecular flexibility index (Phi) is 4.44. The largest absolute Gasteiger partial charge is 0.460 e. The van der Waals surface area contributed by atoms with Crippen molar-refractivity contribution in [1.29, 1.82) is 5.26 Å². The normalized spacial score (nSPS) is 21.2. The molecule has 1 aliphatic heterocycles. The van der Waals surface area contributed by atoms with Gasteiger partial charge < -0.3 is 9.73 Å². The summed E-state index contributed by atoms with van der Waals surface area (Å²) in [5.41, 5.74) is 3.68. The zero-order valence-corrected chi connectivity index (χ0v) is 16.9. The van der Waals surface area contributed by atoms with Crippen LogP contribution in [0.25, 0.3) is 11.3 Å². The number of allylic oxidation sites excluding steroid dienone is 4. The third-order valence-electron chi connectivity index (χ3n) is 5.40. The van der Waals surface area contributed by atoms with Crippen LogP contribution < -0.4 is 5.32 Å². The first kappa shape index (κ1) is 18.6. The Balaban J connectivity index is 1.81. The highest BCUT2D eigenvalue weighted by molar-refractivity contribution is 6.30.